The van der Waals surface area contributed by atoms with Crippen LogP contribution in [0, 0.1) is 5.41 Å². The maximum absolute atomic E-state index is 12.9. The quantitative estimate of drug-likeness (QED) is 0.833. The van der Waals surface area contributed by atoms with Gasteiger partial charge in [-0.15, -0.1) is 0 Å². The van der Waals surface area contributed by atoms with Gasteiger partial charge in [-0.25, -0.2) is 0 Å². The van der Waals surface area contributed by atoms with Gasteiger partial charge in [-0.05, 0) is 38.8 Å². The SMILES string of the molecule is CCC(CC)(CN)C(=O)N(Cc1ccccn1)C(C)C. The minimum absolute atomic E-state index is 0.133. The summed E-state index contributed by atoms with van der Waals surface area (Å²) >= 11 is 0. The van der Waals surface area contributed by atoms with Gasteiger partial charge in [0.05, 0.1) is 17.7 Å². The number of aromatic nitrogens is 1. The van der Waals surface area contributed by atoms with Gasteiger partial charge >= 0.3 is 0 Å². The van der Waals surface area contributed by atoms with E-state index in [2.05, 4.69) is 4.98 Å². The van der Waals surface area contributed by atoms with E-state index >= 15 is 0 Å². The minimum atomic E-state index is -0.445. The lowest BCUT2D eigenvalue weighted by atomic mass is 9.80. The Bertz CT molecular complexity index is 405. The highest BCUT2D eigenvalue weighted by Crippen LogP contribution is 2.29. The minimum Gasteiger partial charge on any atom is -0.334 e. The van der Waals surface area contributed by atoms with E-state index in [1.54, 1.807) is 6.20 Å². The molecule has 0 unspecified atom stereocenters. The van der Waals surface area contributed by atoms with E-state index in [-0.39, 0.29) is 11.9 Å². The van der Waals surface area contributed by atoms with Crippen LogP contribution in [0.25, 0.3) is 0 Å². The van der Waals surface area contributed by atoms with Crippen molar-refractivity contribution in [2.45, 2.75) is 53.1 Å². The third-order valence-corrected chi connectivity index (χ3v) is 4.14. The molecule has 4 heteroatoms. The molecule has 2 N–H and O–H groups in total. The lowest BCUT2D eigenvalue weighted by Gasteiger charge is -2.37. The molecule has 0 atom stereocenters. The van der Waals surface area contributed by atoms with Gasteiger partial charge in [0.2, 0.25) is 5.91 Å². The summed E-state index contributed by atoms with van der Waals surface area (Å²) in [7, 11) is 0. The smallest absolute Gasteiger partial charge is 0.230 e. The molecule has 1 aromatic rings. The van der Waals surface area contributed by atoms with Crippen molar-refractivity contribution >= 4 is 5.91 Å². The molecule has 0 radical (unpaired) electrons. The zero-order chi connectivity index (χ0) is 15.2. The molecule has 4 nitrogen and oxygen atoms in total. The largest absolute Gasteiger partial charge is 0.334 e. The molecule has 1 amide bonds. The summed E-state index contributed by atoms with van der Waals surface area (Å²) < 4.78 is 0. The van der Waals surface area contributed by atoms with E-state index in [9.17, 15) is 4.79 Å². The summed E-state index contributed by atoms with van der Waals surface area (Å²) in [6.45, 7) is 9.07. The Balaban J connectivity index is 2.99. The molecule has 0 bridgehead atoms. The summed E-state index contributed by atoms with van der Waals surface area (Å²) in [4.78, 5) is 19.1. The second kappa shape index (κ2) is 7.39. The van der Waals surface area contributed by atoms with Crippen molar-refractivity contribution in [2.75, 3.05) is 6.54 Å². The van der Waals surface area contributed by atoms with E-state index in [0.717, 1.165) is 18.5 Å². The lowest BCUT2D eigenvalue weighted by Crippen LogP contribution is -2.49. The van der Waals surface area contributed by atoms with Crippen molar-refractivity contribution in [3.8, 4) is 0 Å². The standard InChI is InChI=1S/C16H27N3O/c1-5-16(6-2,12-17)15(20)19(13(3)4)11-14-9-7-8-10-18-14/h7-10,13H,5-6,11-12,17H2,1-4H3. The number of carbonyl (C=O) groups is 1. The van der Waals surface area contributed by atoms with Crippen LogP contribution in [-0.4, -0.2) is 28.4 Å². The fourth-order valence-corrected chi connectivity index (χ4v) is 2.39. The number of nitrogens with zero attached hydrogens (tertiary/aromatic N) is 2. The summed E-state index contributed by atoms with van der Waals surface area (Å²) in [5, 5.41) is 0. The van der Waals surface area contributed by atoms with Crippen LogP contribution in [-0.2, 0) is 11.3 Å². The Labute approximate surface area is 122 Å². The fraction of sp³-hybridized carbons (Fsp3) is 0.625. The van der Waals surface area contributed by atoms with E-state index in [0.29, 0.717) is 13.1 Å². The maximum Gasteiger partial charge on any atom is 0.230 e. The third kappa shape index (κ3) is 3.57. The Morgan fingerprint density at radius 2 is 2.00 bits per heavy atom. The monoisotopic (exact) mass is 277 g/mol. The number of carbonyl (C=O) groups excluding carboxylic acids is 1. The molecule has 0 saturated heterocycles. The molecule has 1 rings (SSSR count). The molecule has 112 valence electrons. The first-order valence-corrected chi connectivity index (χ1v) is 7.41. The second-order valence-corrected chi connectivity index (χ2v) is 5.54. The van der Waals surface area contributed by atoms with Gasteiger partial charge in [0.1, 0.15) is 0 Å². The molecule has 0 aliphatic rings. The molecule has 20 heavy (non-hydrogen) atoms. The highest BCUT2D eigenvalue weighted by molar-refractivity contribution is 5.83. The van der Waals surface area contributed by atoms with Gasteiger partial charge in [-0.3, -0.25) is 9.78 Å². The van der Waals surface area contributed by atoms with E-state index in [1.165, 1.54) is 0 Å². The molecule has 0 aliphatic heterocycles. The van der Waals surface area contributed by atoms with Crippen molar-refractivity contribution in [3.05, 3.63) is 30.1 Å². The highest BCUT2D eigenvalue weighted by Gasteiger charge is 2.37. The number of hydrogen-bond donors (Lipinski definition) is 1. The first-order valence-electron chi connectivity index (χ1n) is 7.41. The van der Waals surface area contributed by atoms with Gasteiger partial charge in [0.25, 0.3) is 0 Å². The van der Waals surface area contributed by atoms with Gasteiger partial charge < -0.3 is 10.6 Å². The number of rotatable bonds is 7. The van der Waals surface area contributed by atoms with Crippen molar-refractivity contribution in [1.82, 2.24) is 9.88 Å². The molecule has 0 aromatic carbocycles. The van der Waals surface area contributed by atoms with Gasteiger partial charge in [0.15, 0.2) is 0 Å². The Morgan fingerprint density at radius 1 is 1.35 bits per heavy atom. The topological polar surface area (TPSA) is 59.2 Å². The van der Waals surface area contributed by atoms with Crippen molar-refractivity contribution in [3.63, 3.8) is 0 Å². The maximum atomic E-state index is 12.9. The van der Waals surface area contributed by atoms with Crippen molar-refractivity contribution in [2.24, 2.45) is 11.1 Å². The Morgan fingerprint density at radius 3 is 2.40 bits per heavy atom. The average molecular weight is 277 g/mol. The normalized spacial score (nSPS) is 11.7. The van der Waals surface area contributed by atoms with Crippen LogP contribution in [0.15, 0.2) is 24.4 Å². The third-order valence-electron chi connectivity index (χ3n) is 4.14. The summed E-state index contributed by atoms with van der Waals surface area (Å²) in [5.74, 6) is 0.144. The number of amides is 1. The number of pyridine rings is 1. The summed E-state index contributed by atoms with van der Waals surface area (Å²) in [6.07, 6.45) is 3.29. The van der Waals surface area contributed by atoms with Crippen LogP contribution in [0.1, 0.15) is 46.2 Å². The van der Waals surface area contributed by atoms with Crippen LogP contribution >= 0.6 is 0 Å². The van der Waals surface area contributed by atoms with Gasteiger partial charge in [0, 0.05) is 18.8 Å². The molecule has 1 heterocycles. The average Bonchev–Trinajstić information content (AvgIpc) is 2.47. The van der Waals surface area contributed by atoms with Crippen molar-refractivity contribution in [1.29, 1.82) is 0 Å². The molecule has 0 aliphatic carbocycles. The zero-order valence-electron chi connectivity index (χ0n) is 13.1. The predicted molar refractivity (Wildman–Crippen MR) is 82.0 cm³/mol. The van der Waals surface area contributed by atoms with E-state index in [4.69, 9.17) is 5.73 Å². The molecule has 1 aromatic heterocycles. The zero-order valence-corrected chi connectivity index (χ0v) is 13.1. The summed E-state index contributed by atoms with van der Waals surface area (Å²) in [6, 6.07) is 5.91. The highest BCUT2D eigenvalue weighted by atomic mass is 16.2. The van der Waals surface area contributed by atoms with Gasteiger partial charge in [-0.1, -0.05) is 19.9 Å². The van der Waals surface area contributed by atoms with Crippen LogP contribution in [0.5, 0.6) is 0 Å². The lowest BCUT2D eigenvalue weighted by molar-refractivity contribution is -0.144. The summed E-state index contributed by atoms with van der Waals surface area (Å²) in [5.41, 5.74) is 6.36. The first-order chi connectivity index (χ1) is 9.50. The predicted octanol–water partition coefficient (Wildman–Crippen LogP) is 2.58. The van der Waals surface area contributed by atoms with E-state index in [1.807, 2.05) is 50.8 Å². The second-order valence-electron chi connectivity index (χ2n) is 5.54. The van der Waals surface area contributed by atoms with Crippen LogP contribution in [0.2, 0.25) is 0 Å². The molecule has 0 fully saturated rings. The van der Waals surface area contributed by atoms with Crippen LogP contribution < -0.4 is 5.73 Å². The number of hydrogen-bond acceptors (Lipinski definition) is 3. The fourth-order valence-electron chi connectivity index (χ4n) is 2.39. The van der Waals surface area contributed by atoms with Gasteiger partial charge in [-0.2, -0.15) is 0 Å². The van der Waals surface area contributed by atoms with Crippen LogP contribution in [0.4, 0.5) is 0 Å². The Hall–Kier alpha value is -1.42. The molecule has 0 spiro atoms. The van der Waals surface area contributed by atoms with Crippen molar-refractivity contribution < 1.29 is 4.79 Å². The Kier molecular flexibility index (Phi) is 6.14. The van der Waals surface area contributed by atoms with E-state index < -0.39 is 5.41 Å². The molecular weight excluding hydrogens is 250 g/mol. The number of nitrogens with two attached hydrogens (primary N) is 1. The first kappa shape index (κ1) is 16.6. The molecular formula is C16H27N3O. The van der Waals surface area contributed by atoms with Crippen LogP contribution in [0.3, 0.4) is 0 Å². The molecule has 0 saturated carbocycles.